The Morgan fingerprint density at radius 1 is 1.03 bits per heavy atom. The lowest BCUT2D eigenvalue weighted by molar-refractivity contribution is -0.274. The summed E-state index contributed by atoms with van der Waals surface area (Å²) < 4.78 is 95.7. The largest absolute Gasteiger partial charge is 0.573 e. The molecule has 0 unspecified atom stereocenters. The van der Waals surface area contributed by atoms with E-state index in [2.05, 4.69) is 20.4 Å². The number of rotatable bonds is 5. The van der Waals surface area contributed by atoms with E-state index in [1.165, 1.54) is 18.2 Å². The number of hydrogen-bond donors (Lipinski definition) is 1. The molecule has 1 N–H and O–H groups in total. The first-order valence-corrected chi connectivity index (χ1v) is 8.36. The van der Waals surface area contributed by atoms with Crippen molar-refractivity contribution in [3.8, 4) is 11.4 Å². The van der Waals surface area contributed by atoms with Crippen molar-refractivity contribution < 1.29 is 40.3 Å². The number of amides is 1. The third-order valence-electron chi connectivity index (χ3n) is 3.84. The van der Waals surface area contributed by atoms with Crippen LogP contribution in [0.15, 0.2) is 48.5 Å². The van der Waals surface area contributed by atoms with Gasteiger partial charge in [-0.25, -0.2) is 9.07 Å². The van der Waals surface area contributed by atoms with Gasteiger partial charge in [0.05, 0.1) is 5.69 Å². The second-order valence-corrected chi connectivity index (χ2v) is 6.01. The number of benzene rings is 2. The third-order valence-corrected chi connectivity index (χ3v) is 3.84. The van der Waals surface area contributed by atoms with E-state index in [9.17, 15) is 35.5 Å². The Morgan fingerprint density at radius 3 is 2.39 bits per heavy atom. The van der Waals surface area contributed by atoms with Crippen molar-refractivity contribution in [1.29, 1.82) is 0 Å². The molecule has 0 aliphatic carbocycles. The predicted octanol–water partition coefficient (Wildman–Crippen LogP) is 4.25. The van der Waals surface area contributed by atoms with Gasteiger partial charge in [0, 0.05) is 12.1 Å². The molecule has 3 aromatic rings. The van der Waals surface area contributed by atoms with Crippen molar-refractivity contribution >= 4 is 5.91 Å². The Bertz CT molecular complexity index is 1090. The zero-order chi connectivity index (χ0) is 22.8. The summed E-state index contributed by atoms with van der Waals surface area (Å²) in [6.07, 6.45) is -10.1. The molecule has 0 aliphatic rings. The van der Waals surface area contributed by atoms with Gasteiger partial charge < -0.3 is 10.1 Å². The first-order valence-electron chi connectivity index (χ1n) is 8.36. The summed E-state index contributed by atoms with van der Waals surface area (Å²) in [5.41, 5.74) is -3.18. The molecular formula is C18H11F7N4O2. The highest BCUT2D eigenvalue weighted by Gasteiger charge is 2.42. The predicted molar refractivity (Wildman–Crippen MR) is 90.6 cm³/mol. The molecule has 0 fully saturated rings. The number of carbonyl (C=O) groups is 1. The number of nitrogens with one attached hydrogen (secondary N) is 1. The molecule has 1 amide bonds. The van der Waals surface area contributed by atoms with Gasteiger partial charge in [-0.1, -0.05) is 29.5 Å². The van der Waals surface area contributed by atoms with Crippen molar-refractivity contribution in [3.05, 3.63) is 71.3 Å². The van der Waals surface area contributed by atoms with Crippen molar-refractivity contribution in [1.82, 2.24) is 20.3 Å². The lowest BCUT2D eigenvalue weighted by atomic mass is 10.2. The van der Waals surface area contributed by atoms with Gasteiger partial charge in [-0.2, -0.15) is 13.2 Å². The normalized spacial score (nSPS) is 12.0. The zero-order valence-corrected chi connectivity index (χ0v) is 15.1. The van der Waals surface area contributed by atoms with E-state index >= 15 is 0 Å². The summed E-state index contributed by atoms with van der Waals surface area (Å²) in [5, 5.41) is 8.57. The number of aromatic nitrogens is 3. The smallest absolute Gasteiger partial charge is 0.405 e. The van der Waals surface area contributed by atoms with Crippen LogP contribution in [0.2, 0.25) is 0 Å². The SMILES string of the molecule is O=C(NCc1ccccc1OC(F)(F)F)c1nnn(-c2cccc(F)c2)c1C(F)(F)F. The quantitative estimate of drug-likeness (QED) is 0.593. The standard InChI is InChI=1S/C18H11F7N4O2/c19-11-5-3-6-12(8-11)29-15(17(20,21)22)14(27-28-29)16(30)26-9-10-4-1-2-7-13(10)31-18(23,24)25/h1-8H,9H2,(H,26,30). The summed E-state index contributed by atoms with van der Waals surface area (Å²) >= 11 is 0. The fraction of sp³-hybridized carbons (Fsp3) is 0.167. The molecule has 0 saturated carbocycles. The highest BCUT2D eigenvalue weighted by atomic mass is 19.4. The minimum atomic E-state index is -5.10. The van der Waals surface area contributed by atoms with Crippen LogP contribution < -0.4 is 10.1 Å². The number of carbonyl (C=O) groups excluding carboxylic acids is 1. The Labute approximate surface area is 169 Å². The van der Waals surface area contributed by atoms with Gasteiger partial charge in [0.15, 0.2) is 11.4 Å². The van der Waals surface area contributed by atoms with Gasteiger partial charge in [0.25, 0.3) is 5.91 Å². The monoisotopic (exact) mass is 448 g/mol. The number of ether oxygens (including phenoxy) is 1. The van der Waals surface area contributed by atoms with Crippen LogP contribution >= 0.6 is 0 Å². The van der Waals surface area contributed by atoms with Gasteiger partial charge in [-0.05, 0) is 24.3 Å². The second kappa shape index (κ2) is 8.24. The highest BCUT2D eigenvalue weighted by Crippen LogP contribution is 2.33. The van der Waals surface area contributed by atoms with Crippen LogP contribution in [0.1, 0.15) is 21.7 Å². The van der Waals surface area contributed by atoms with Crippen molar-refractivity contribution in [3.63, 3.8) is 0 Å². The van der Waals surface area contributed by atoms with E-state index < -0.39 is 47.9 Å². The van der Waals surface area contributed by atoms with Gasteiger partial charge in [0.2, 0.25) is 0 Å². The molecule has 164 valence electrons. The summed E-state index contributed by atoms with van der Waals surface area (Å²) in [6, 6.07) is 8.80. The van der Waals surface area contributed by atoms with E-state index in [1.807, 2.05) is 0 Å². The summed E-state index contributed by atoms with van der Waals surface area (Å²) in [7, 11) is 0. The average Bonchev–Trinajstić information content (AvgIpc) is 3.12. The highest BCUT2D eigenvalue weighted by molar-refractivity contribution is 5.93. The van der Waals surface area contributed by atoms with Crippen LogP contribution in [0.25, 0.3) is 5.69 Å². The van der Waals surface area contributed by atoms with Crippen LogP contribution in [0, 0.1) is 5.82 Å². The molecular weight excluding hydrogens is 437 g/mol. The fourth-order valence-corrected chi connectivity index (χ4v) is 2.61. The van der Waals surface area contributed by atoms with Crippen molar-refractivity contribution in [2.45, 2.75) is 19.1 Å². The fourth-order valence-electron chi connectivity index (χ4n) is 2.61. The maximum atomic E-state index is 13.6. The Balaban J connectivity index is 1.88. The number of alkyl halides is 6. The van der Waals surface area contributed by atoms with Crippen molar-refractivity contribution in [2.24, 2.45) is 0 Å². The number of halogens is 7. The molecule has 0 radical (unpaired) electrons. The lowest BCUT2D eigenvalue weighted by Crippen LogP contribution is -2.27. The van der Waals surface area contributed by atoms with E-state index in [-0.39, 0.29) is 15.9 Å². The molecule has 1 aromatic heterocycles. The maximum Gasteiger partial charge on any atom is 0.573 e. The van der Waals surface area contributed by atoms with E-state index in [1.54, 1.807) is 0 Å². The minimum absolute atomic E-state index is 0.140. The van der Waals surface area contributed by atoms with Crippen LogP contribution in [0.3, 0.4) is 0 Å². The third kappa shape index (κ3) is 5.29. The van der Waals surface area contributed by atoms with Crippen LogP contribution in [-0.4, -0.2) is 27.3 Å². The Hall–Kier alpha value is -3.64. The molecule has 3 rings (SSSR count). The minimum Gasteiger partial charge on any atom is -0.405 e. The molecule has 0 saturated heterocycles. The summed E-state index contributed by atoms with van der Waals surface area (Å²) in [5.74, 6) is -2.82. The van der Waals surface area contributed by atoms with Gasteiger partial charge in [0.1, 0.15) is 11.6 Å². The molecule has 13 heteroatoms. The van der Waals surface area contributed by atoms with E-state index in [0.29, 0.717) is 0 Å². The van der Waals surface area contributed by atoms with Crippen LogP contribution in [0.4, 0.5) is 30.7 Å². The van der Waals surface area contributed by atoms with Gasteiger partial charge in [-0.3, -0.25) is 4.79 Å². The molecule has 0 spiro atoms. The molecule has 0 atom stereocenters. The van der Waals surface area contributed by atoms with Gasteiger partial charge in [-0.15, -0.1) is 18.3 Å². The van der Waals surface area contributed by atoms with Gasteiger partial charge >= 0.3 is 12.5 Å². The first-order chi connectivity index (χ1) is 14.5. The van der Waals surface area contributed by atoms with E-state index in [4.69, 9.17) is 0 Å². The number of para-hydroxylation sites is 1. The average molecular weight is 448 g/mol. The van der Waals surface area contributed by atoms with E-state index in [0.717, 1.165) is 30.3 Å². The molecule has 0 bridgehead atoms. The Kier molecular flexibility index (Phi) is 5.86. The lowest BCUT2D eigenvalue weighted by Gasteiger charge is -2.14. The molecule has 6 nitrogen and oxygen atoms in total. The topological polar surface area (TPSA) is 69.0 Å². The van der Waals surface area contributed by atoms with Crippen LogP contribution in [0.5, 0.6) is 5.75 Å². The number of hydrogen-bond acceptors (Lipinski definition) is 4. The molecule has 1 heterocycles. The summed E-state index contributed by atoms with van der Waals surface area (Å²) in [6.45, 7) is -0.588. The van der Waals surface area contributed by atoms with Crippen molar-refractivity contribution in [2.75, 3.05) is 0 Å². The first kappa shape index (κ1) is 22.1. The zero-order valence-electron chi connectivity index (χ0n) is 15.1. The summed E-state index contributed by atoms with van der Waals surface area (Å²) in [4.78, 5) is 12.3. The Morgan fingerprint density at radius 2 is 1.74 bits per heavy atom. The molecule has 31 heavy (non-hydrogen) atoms. The second-order valence-electron chi connectivity index (χ2n) is 6.01. The number of nitrogens with zero attached hydrogens (tertiary/aromatic N) is 3. The van der Waals surface area contributed by atoms with Crippen LogP contribution in [-0.2, 0) is 12.7 Å². The molecule has 2 aromatic carbocycles. The maximum absolute atomic E-state index is 13.6. The molecule has 0 aliphatic heterocycles.